The predicted molar refractivity (Wildman–Crippen MR) is 81.7 cm³/mol. The lowest BCUT2D eigenvalue weighted by Gasteiger charge is -2.01. The van der Waals surface area contributed by atoms with Crippen LogP contribution in [0.15, 0.2) is 29.6 Å². The highest BCUT2D eigenvalue weighted by molar-refractivity contribution is 7.98. The van der Waals surface area contributed by atoms with Crippen molar-refractivity contribution in [3.63, 3.8) is 0 Å². The fraction of sp³-hybridized carbons (Fsp3) is 0.0909. The van der Waals surface area contributed by atoms with Gasteiger partial charge in [-0.1, -0.05) is 40.2 Å². The summed E-state index contributed by atoms with van der Waals surface area (Å²) in [5.41, 5.74) is 7.03. The molecular weight excluding hydrogens is 333 g/mol. The maximum Gasteiger partial charge on any atom is 0.216 e. The second kappa shape index (κ2) is 5.92. The summed E-state index contributed by atoms with van der Waals surface area (Å²) >= 11 is 13.3. The van der Waals surface area contributed by atoms with E-state index in [9.17, 15) is 0 Å². The smallest absolute Gasteiger partial charge is 0.216 e. The zero-order valence-electron chi connectivity index (χ0n) is 10.5. The maximum atomic E-state index is 5.98. The van der Waals surface area contributed by atoms with Crippen LogP contribution in [0.25, 0.3) is 5.69 Å². The van der Waals surface area contributed by atoms with E-state index in [1.807, 2.05) is 12.3 Å². The van der Waals surface area contributed by atoms with Crippen LogP contribution in [-0.4, -0.2) is 30.2 Å². The van der Waals surface area contributed by atoms with Crippen molar-refractivity contribution in [2.75, 3.05) is 5.73 Å². The Labute approximate surface area is 133 Å². The van der Waals surface area contributed by atoms with Crippen molar-refractivity contribution < 1.29 is 0 Å². The molecule has 1 aromatic carbocycles. The van der Waals surface area contributed by atoms with E-state index < -0.39 is 0 Å². The SMILES string of the molecule is Nc1nc(SCc2cn(-c3ccc(Cl)c(Cl)c3)nn2)n[nH]1. The van der Waals surface area contributed by atoms with Crippen molar-refractivity contribution in [1.29, 1.82) is 0 Å². The van der Waals surface area contributed by atoms with Crippen LogP contribution in [0.4, 0.5) is 5.95 Å². The largest absolute Gasteiger partial charge is 0.368 e. The molecule has 0 saturated carbocycles. The molecule has 108 valence electrons. The highest BCUT2D eigenvalue weighted by Crippen LogP contribution is 2.24. The molecule has 3 rings (SSSR count). The second-order valence-corrected chi connectivity index (χ2v) is 5.80. The number of nitrogens with one attached hydrogen (secondary N) is 1. The lowest BCUT2D eigenvalue weighted by Crippen LogP contribution is -1.94. The van der Waals surface area contributed by atoms with Crippen molar-refractivity contribution in [3.05, 3.63) is 40.1 Å². The average molecular weight is 342 g/mol. The first-order valence-electron chi connectivity index (χ1n) is 5.79. The van der Waals surface area contributed by atoms with E-state index in [2.05, 4.69) is 25.5 Å². The summed E-state index contributed by atoms with van der Waals surface area (Å²) < 4.78 is 1.63. The molecule has 0 aliphatic rings. The fourth-order valence-electron chi connectivity index (χ4n) is 1.58. The normalized spacial score (nSPS) is 11.0. The Morgan fingerprint density at radius 2 is 2.14 bits per heavy atom. The lowest BCUT2D eigenvalue weighted by atomic mass is 10.3. The lowest BCUT2D eigenvalue weighted by molar-refractivity contribution is 0.800. The van der Waals surface area contributed by atoms with Crippen LogP contribution in [0.1, 0.15) is 5.69 Å². The third-order valence-corrected chi connectivity index (χ3v) is 4.16. The molecule has 0 amide bonds. The Morgan fingerprint density at radius 1 is 1.29 bits per heavy atom. The molecule has 0 saturated heterocycles. The van der Waals surface area contributed by atoms with E-state index in [4.69, 9.17) is 28.9 Å². The van der Waals surface area contributed by atoms with Gasteiger partial charge in [-0.3, -0.25) is 0 Å². The molecule has 0 radical (unpaired) electrons. The number of thioether (sulfide) groups is 1. The van der Waals surface area contributed by atoms with Gasteiger partial charge in [0.05, 0.1) is 27.6 Å². The zero-order valence-corrected chi connectivity index (χ0v) is 12.8. The number of benzene rings is 1. The molecule has 2 aromatic heterocycles. The Balaban J connectivity index is 1.72. The quantitative estimate of drug-likeness (QED) is 0.707. The Bertz CT molecular complexity index is 770. The summed E-state index contributed by atoms with van der Waals surface area (Å²) in [5, 5.41) is 16.2. The third-order valence-electron chi connectivity index (χ3n) is 2.54. The van der Waals surface area contributed by atoms with Gasteiger partial charge in [-0.05, 0) is 18.2 Å². The number of hydrogen-bond donors (Lipinski definition) is 2. The number of nitrogen functional groups attached to an aromatic ring is 1. The van der Waals surface area contributed by atoms with E-state index in [1.165, 1.54) is 11.8 Å². The summed E-state index contributed by atoms with van der Waals surface area (Å²) in [6.07, 6.45) is 1.81. The number of H-pyrrole nitrogens is 1. The number of nitrogens with two attached hydrogens (primary N) is 1. The first kappa shape index (κ1) is 14.2. The first-order chi connectivity index (χ1) is 10.1. The van der Waals surface area contributed by atoms with Crippen molar-refractivity contribution >= 4 is 40.9 Å². The summed E-state index contributed by atoms with van der Waals surface area (Å²) in [6.45, 7) is 0. The maximum absolute atomic E-state index is 5.98. The topological polar surface area (TPSA) is 98.3 Å². The Hall–Kier alpha value is -1.77. The molecule has 0 bridgehead atoms. The number of aromatic nitrogens is 6. The van der Waals surface area contributed by atoms with E-state index in [0.29, 0.717) is 21.0 Å². The molecule has 0 aliphatic carbocycles. The molecule has 3 N–H and O–H groups in total. The molecular formula is C11H9Cl2N7S. The molecule has 3 aromatic rings. The molecule has 21 heavy (non-hydrogen) atoms. The number of rotatable bonds is 4. The van der Waals surface area contributed by atoms with Gasteiger partial charge in [0.25, 0.3) is 0 Å². The van der Waals surface area contributed by atoms with Crippen LogP contribution in [0.5, 0.6) is 0 Å². The Kier molecular flexibility index (Phi) is 4.00. The van der Waals surface area contributed by atoms with Gasteiger partial charge in [-0.15, -0.1) is 10.2 Å². The third kappa shape index (κ3) is 3.29. The molecule has 0 spiro atoms. The molecule has 0 fully saturated rings. The van der Waals surface area contributed by atoms with Crippen molar-refractivity contribution in [2.45, 2.75) is 10.9 Å². The van der Waals surface area contributed by atoms with Crippen LogP contribution < -0.4 is 5.73 Å². The van der Waals surface area contributed by atoms with Gasteiger partial charge in [0, 0.05) is 5.75 Å². The van der Waals surface area contributed by atoms with Gasteiger partial charge in [-0.2, -0.15) is 4.98 Å². The van der Waals surface area contributed by atoms with Crippen LogP contribution in [0.2, 0.25) is 10.0 Å². The number of nitrogens with zero attached hydrogens (tertiary/aromatic N) is 5. The van der Waals surface area contributed by atoms with Crippen molar-refractivity contribution in [1.82, 2.24) is 30.2 Å². The van der Waals surface area contributed by atoms with Gasteiger partial charge < -0.3 is 5.73 Å². The molecule has 2 heterocycles. The molecule has 0 atom stereocenters. The molecule has 7 nitrogen and oxygen atoms in total. The van der Waals surface area contributed by atoms with Crippen molar-refractivity contribution in [2.24, 2.45) is 0 Å². The number of aromatic amines is 1. The van der Waals surface area contributed by atoms with Gasteiger partial charge in [0.2, 0.25) is 11.1 Å². The number of hydrogen-bond acceptors (Lipinski definition) is 6. The zero-order chi connectivity index (χ0) is 14.8. The minimum Gasteiger partial charge on any atom is -0.368 e. The minimum atomic E-state index is 0.289. The summed E-state index contributed by atoms with van der Waals surface area (Å²) in [6, 6.07) is 5.26. The van der Waals surface area contributed by atoms with E-state index in [-0.39, 0.29) is 5.95 Å². The van der Waals surface area contributed by atoms with E-state index >= 15 is 0 Å². The van der Waals surface area contributed by atoms with Crippen LogP contribution in [-0.2, 0) is 5.75 Å². The summed E-state index contributed by atoms with van der Waals surface area (Å²) in [4.78, 5) is 4.00. The molecule has 0 unspecified atom stereocenters. The highest BCUT2D eigenvalue weighted by atomic mass is 35.5. The van der Waals surface area contributed by atoms with E-state index in [1.54, 1.807) is 16.8 Å². The standard InChI is InChI=1S/C11H9Cl2N7S/c12-8-2-1-7(3-9(8)13)20-4-6(16-19-20)5-21-11-15-10(14)17-18-11/h1-4H,5H2,(H3,14,15,17,18). The average Bonchev–Trinajstić information content (AvgIpc) is 3.08. The summed E-state index contributed by atoms with van der Waals surface area (Å²) in [7, 11) is 0. The van der Waals surface area contributed by atoms with Crippen molar-refractivity contribution in [3.8, 4) is 5.69 Å². The second-order valence-electron chi connectivity index (χ2n) is 4.04. The van der Waals surface area contributed by atoms with Crippen LogP contribution in [0.3, 0.4) is 0 Å². The first-order valence-corrected chi connectivity index (χ1v) is 7.53. The van der Waals surface area contributed by atoms with Gasteiger partial charge in [0.15, 0.2) is 0 Å². The fourth-order valence-corrected chi connectivity index (χ4v) is 2.55. The number of anilines is 1. The van der Waals surface area contributed by atoms with Crippen LogP contribution in [0, 0.1) is 0 Å². The summed E-state index contributed by atoms with van der Waals surface area (Å²) in [5.74, 6) is 0.871. The highest BCUT2D eigenvalue weighted by Gasteiger charge is 2.07. The number of halogens is 2. The van der Waals surface area contributed by atoms with E-state index in [0.717, 1.165) is 11.4 Å². The van der Waals surface area contributed by atoms with Gasteiger partial charge in [0.1, 0.15) is 0 Å². The molecule has 10 heteroatoms. The predicted octanol–water partition coefficient (Wildman–Crippen LogP) is 2.57. The van der Waals surface area contributed by atoms with Crippen LogP contribution >= 0.6 is 35.0 Å². The van der Waals surface area contributed by atoms with Gasteiger partial charge in [-0.25, -0.2) is 9.78 Å². The molecule has 0 aliphatic heterocycles. The monoisotopic (exact) mass is 341 g/mol. The minimum absolute atomic E-state index is 0.289. The Morgan fingerprint density at radius 3 is 2.86 bits per heavy atom. The van der Waals surface area contributed by atoms with Gasteiger partial charge >= 0.3 is 0 Å².